The van der Waals surface area contributed by atoms with Crippen molar-refractivity contribution in [2.24, 2.45) is 5.92 Å². The minimum atomic E-state index is -0.590. The number of carbonyl (C=O) groups is 1. The molecule has 21 heavy (non-hydrogen) atoms. The van der Waals surface area contributed by atoms with Crippen molar-refractivity contribution in [2.75, 3.05) is 6.54 Å². The van der Waals surface area contributed by atoms with Gasteiger partial charge in [0.05, 0.1) is 10.8 Å². The third kappa shape index (κ3) is 3.62. The number of Topliss-reactive ketones (excluding diaryl/α,β-unsaturated/α-hetero) is 1. The van der Waals surface area contributed by atoms with Gasteiger partial charge in [-0.05, 0) is 18.4 Å². The number of rotatable bonds is 5. The molecule has 0 heterocycles. The van der Waals surface area contributed by atoms with Gasteiger partial charge in [-0.15, -0.1) is 0 Å². The van der Waals surface area contributed by atoms with Crippen LogP contribution in [0, 0.1) is 26.1 Å². The summed E-state index contributed by atoms with van der Waals surface area (Å²) in [5.41, 5.74) is 0.394. The van der Waals surface area contributed by atoms with Gasteiger partial charge >= 0.3 is 0 Å². The summed E-state index contributed by atoms with van der Waals surface area (Å²) in [7, 11) is 0. The van der Waals surface area contributed by atoms with Crippen LogP contribution in [0.1, 0.15) is 37.2 Å². The summed E-state index contributed by atoms with van der Waals surface area (Å²) in [5.74, 6) is -0.974. The van der Waals surface area contributed by atoms with Gasteiger partial charge in [-0.25, -0.2) is 0 Å². The number of nitro groups is 2. The van der Waals surface area contributed by atoms with Crippen molar-refractivity contribution >= 4 is 11.5 Å². The van der Waals surface area contributed by atoms with E-state index < -0.39 is 21.7 Å². The lowest BCUT2D eigenvalue weighted by Crippen LogP contribution is -2.30. The molecule has 1 aliphatic rings. The van der Waals surface area contributed by atoms with Crippen LogP contribution < -0.4 is 0 Å². The second-order valence-electron chi connectivity index (χ2n) is 5.29. The van der Waals surface area contributed by atoms with E-state index in [-0.39, 0.29) is 18.0 Å². The standard InChI is InChI=1S/C14H16N2O5/c17-14-7-2-1-6-12(14)13(9-15(18)19)10-4-3-5-11(8-10)16(20)21/h3-5,8,12-13H,1-2,6-7,9H2/t12-,13+/m0/s1. The summed E-state index contributed by atoms with van der Waals surface area (Å²) in [5, 5.41) is 21.8. The van der Waals surface area contributed by atoms with Gasteiger partial charge in [0.1, 0.15) is 5.78 Å². The molecule has 0 aromatic heterocycles. The summed E-state index contributed by atoms with van der Waals surface area (Å²) in [6, 6.07) is 5.82. The molecule has 0 radical (unpaired) electrons. The molecule has 1 aliphatic carbocycles. The molecule has 0 saturated heterocycles. The Morgan fingerprint density at radius 2 is 2.00 bits per heavy atom. The molecule has 2 rings (SSSR count). The SMILES string of the molecule is O=C1CCCC[C@H]1[C@H](C[N+](=O)[O-])c1cccc([N+](=O)[O-])c1. The Balaban J connectivity index is 2.35. The maximum Gasteiger partial charge on any atom is 0.269 e. The third-order valence-electron chi connectivity index (χ3n) is 3.94. The summed E-state index contributed by atoms with van der Waals surface area (Å²) < 4.78 is 0. The van der Waals surface area contributed by atoms with E-state index in [4.69, 9.17) is 0 Å². The molecule has 1 fully saturated rings. The average Bonchev–Trinajstić information content (AvgIpc) is 2.45. The molecule has 0 amide bonds. The van der Waals surface area contributed by atoms with Crippen LogP contribution in [0.3, 0.4) is 0 Å². The fourth-order valence-electron chi connectivity index (χ4n) is 2.93. The van der Waals surface area contributed by atoms with Crippen LogP contribution in [0.15, 0.2) is 24.3 Å². The van der Waals surface area contributed by atoms with Gasteiger partial charge in [0.25, 0.3) is 5.69 Å². The van der Waals surface area contributed by atoms with Crippen molar-refractivity contribution in [1.82, 2.24) is 0 Å². The van der Waals surface area contributed by atoms with Crippen molar-refractivity contribution in [1.29, 1.82) is 0 Å². The van der Waals surface area contributed by atoms with E-state index >= 15 is 0 Å². The van der Waals surface area contributed by atoms with Crippen LogP contribution in [0.5, 0.6) is 0 Å². The molecule has 0 unspecified atom stereocenters. The van der Waals surface area contributed by atoms with Crippen LogP contribution in [0.4, 0.5) is 5.69 Å². The van der Waals surface area contributed by atoms with Gasteiger partial charge in [0, 0.05) is 29.4 Å². The Kier molecular flexibility index (Phi) is 4.62. The minimum absolute atomic E-state index is 0.0274. The number of hydrogen-bond donors (Lipinski definition) is 0. The number of ketones is 1. The highest BCUT2D eigenvalue weighted by molar-refractivity contribution is 5.82. The van der Waals surface area contributed by atoms with Gasteiger partial charge in [0.2, 0.25) is 6.54 Å². The van der Waals surface area contributed by atoms with Gasteiger partial charge in [-0.1, -0.05) is 18.6 Å². The number of nitrogens with zero attached hydrogens (tertiary/aromatic N) is 2. The second kappa shape index (κ2) is 6.43. The molecule has 112 valence electrons. The first kappa shape index (κ1) is 15.1. The zero-order valence-corrected chi connectivity index (χ0v) is 11.4. The number of carbonyl (C=O) groups excluding carboxylic acids is 1. The maximum absolute atomic E-state index is 12.1. The van der Waals surface area contributed by atoms with Crippen molar-refractivity contribution in [3.63, 3.8) is 0 Å². The van der Waals surface area contributed by atoms with Crippen molar-refractivity contribution in [3.8, 4) is 0 Å². The predicted molar refractivity (Wildman–Crippen MR) is 74.7 cm³/mol. The smallest absolute Gasteiger partial charge is 0.269 e. The topological polar surface area (TPSA) is 103 Å². The molecule has 0 N–H and O–H groups in total. The van der Waals surface area contributed by atoms with Gasteiger partial charge in [-0.2, -0.15) is 0 Å². The normalized spacial score (nSPS) is 20.0. The highest BCUT2D eigenvalue weighted by Gasteiger charge is 2.35. The molecular weight excluding hydrogens is 276 g/mol. The van der Waals surface area contributed by atoms with Crippen molar-refractivity contribution in [2.45, 2.75) is 31.6 Å². The highest BCUT2D eigenvalue weighted by Crippen LogP contribution is 2.35. The Bertz CT molecular complexity index is 572. The van der Waals surface area contributed by atoms with Crippen molar-refractivity contribution in [3.05, 3.63) is 50.1 Å². The largest absolute Gasteiger partial charge is 0.299 e. The van der Waals surface area contributed by atoms with Gasteiger partial charge in [0.15, 0.2) is 0 Å². The fraction of sp³-hybridized carbons (Fsp3) is 0.500. The molecule has 0 spiro atoms. The second-order valence-corrected chi connectivity index (χ2v) is 5.29. The quantitative estimate of drug-likeness (QED) is 0.613. The van der Waals surface area contributed by atoms with E-state index in [0.717, 1.165) is 12.8 Å². The van der Waals surface area contributed by atoms with E-state index in [9.17, 15) is 25.0 Å². The molecule has 1 aromatic rings. The maximum atomic E-state index is 12.1. The molecular formula is C14H16N2O5. The Labute approximate surface area is 121 Å². The lowest BCUT2D eigenvalue weighted by Gasteiger charge is -2.26. The van der Waals surface area contributed by atoms with Crippen LogP contribution in [-0.2, 0) is 4.79 Å². The molecule has 1 aromatic carbocycles. The fourth-order valence-corrected chi connectivity index (χ4v) is 2.93. The monoisotopic (exact) mass is 292 g/mol. The first-order valence-corrected chi connectivity index (χ1v) is 6.88. The van der Waals surface area contributed by atoms with Crippen LogP contribution in [-0.4, -0.2) is 22.2 Å². The first-order chi connectivity index (χ1) is 9.99. The molecule has 2 atom stereocenters. The number of hydrogen-bond acceptors (Lipinski definition) is 5. The van der Waals surface area contributed by atoms with Crippen LogP contribution in [0.2, 0.25) is 0 Å². The van der Waals surface area contributed by atoms with E-state index in [1.165, 1.54) is 18.2 Å². The summed E-state index contributed by atoms with van der Waals surface area (Å²) >= 11 is 0. The summed E-state index contributed by atoms with van der Waals surface area (Å²) in [6.45, 7) is -0.377. The Morgan fingerprint density at radius 1 is 1.24 bits per heavy atom. The van der Waals surface area contributed by atoms with Gasteiger partial charge in [-0.3, -0.25) is 25.0 Å². The predicted octanol–water partition coefficient (Wildman–Crippen LogP) is 2.71. The summed E-state index contributed by atoms with van der Waals surface area (Å²) in [4.78, 5) is 32.8. The molecule has 0 bridgehead atoms. The Morgan fingerprint density at radius 3 is 2.62 bits per heavy atom. The van der Waals surface area contributed by atoms with E-state index in [1.54, 1.807) is 6.07 Å². The third-order valence-corrected chi connectivity index (χ3v) is 3.94. The molecule has 1 saturated carbocycles. The van der Waals surface area contributed by atoms with E-state index in [2.05, 4.69) is 0 Å². The zero-order valence-electron chi connectivity index (χ0n) is 11.4. The van der Waals surface area contributed by atoms with Crippen molar-refractivity contribution < 1.29 is 14.6 Å². The minimum Gasteiger partial charge on any atom is -0.299 e. The lowest BCUT2D eigenvalue weighted by molar-refractivity contribution is -0.484. The van der Waals surface area contributed by atoms with Gasteiger partial charge < -0.3 is 0 Å². The van der Waals surface area contributed by atoms with E-state index in [0.29, 0.717) is 18.4 Å². The van der Waals surface area contributed by atoms with Crippen LogP contribution in [0.25, 0.3) is 0 Å². The molecule has 7 heteroatoms. The average molecular weight is 292 g/mol. The highest BCUT2D eigenvalue weighted by atomic mass is 16.6. The summed E-state index contributed by atoms with van der Waals surface area (Å²) in [6.07, 6.45) is 2.73. The number of non-ortho nitro benzene ring substituents is 1. The first-order valence-electron chi connectivity index (χ1n) is 6.88. The molecule has 0 aliphatic heterocycles. The van der Waals surface area contributed by atoms with Crippen LogP contribution >= 0.6 is 0 Å². The number of nitro benzene ring substituents is 1. The lowest BCUT2D eigenvalue weighted by atomic mass is 9.76. The molecule has 7 nitrogen and oxygen atoms in total. The Hall–Kier alpha value is -2.31. The zero-order chi connectivity index (χ0) is 15.4. The number of benzene rings is 1. The van der Waals surface area contributed by atoms with E-state index in [1.807, 2.05) is 0 Å².